The maximum Gasteiger partial charge on any atom is 0.388 e. The van der Waals surface area contributed by atoms with Crippen molar-refractivity contribution in [2.24, 2.45) is 5.73 Å². The van der Waals surface area contributed by atoms with E-state index < -0.39 is 18.1 Å². The molecule has 3 aliphatic rings. The van der Waals surface area contributed by atoms with E-state index in [9.17, 15) is 13.6 Å². The number of nitrogens with two attached hydrogens (primary N) is 1. The molecule has 12 heteroatoms. The number of halogens is 2. The number of nitrogens with zero attached hydrogens (tertiary/aromatic N) is 7. The fourth-order valence-electron chi connectivity index (χ4n) is 5.75. The van der Waals surface area contributed by atoms with Gasteiger partial charge in [-0.2, -0.15) is 13.9 Å². The van der Waals surface area contributed by atoms with Gasteiger partial charge in [0.25, 0.3) is 5.91 Å². The van der Waals surface area contributed by atoms with Crippen LogP contribution in [0.25, 0.3) is 16.9 Å². The van der Waals surface area contributed by atoms with E-state index in [2.05, 4.69) is 15.0 Å². The van der Waals surface area contributed by atoms with Crippen LogP contribution in [0.15, 0.2) is 36.9 Å². The molecule has 0 radical (unpaired) electrons. The zero-order valence-corrected chi connectivity index (χ0v) is 19.8. The SMILES string of the molecule is CN1C(=O)c2ccnc(OC(F)F)c2C2CC1c1nn3ccc(-c4cnc(C5(N)CCC5)nc4)nc3c12. The number of pyridine rings is 1. The number of ether oxygens (including phenoxy) is 1. The summed E-state index contributed by atoms with van der Waals surface area (Å²) in [6.07, 6.45) is 9.80. The molecule has 5 heterocycles. The van der Waals surface area contributed by atoms with E-state index in [0.717, 1.165) is 30.4 Å². The number of rotatable bonds is 4. The second kappa shape index (κ2) is 7.72. The lowest BCUT2D eigenvalue weighted by molar-refractivity contribution is -0.0536. The summed E-state index contributed by atoms with van der Waals surface area (Å²) in [6.45, 7) is -3.07. The minimum Gasteiger partial charge on any atom is -0.417 e. The number of amides is 1. The summed E-state index contributed by atoms with van der Waals surface area (Å²) in [5.74, 6) is -0.358. The van der Waals surface area contributed by atoms with E-state index in [1.165, 1.54) is 6.20 Å². The van der Waals surface area contributed by atoms with Gasteiger partial charge in [0.05, 0.1) is 28.5 Å². The van der Waals surface area contributed by atoms with Crippen molar-refractivity contribution >= 4 is 11.6 Å². The molecule has 2 unspecified atom stereocenters. The Balaban J connectivity index is 1.37. The molecule has 0 aromatic carbocycles. The number of hydrogen-bond donors (Lipinski definition) is 1. The van der Waals surface area contributed by atoms with Crippen LogP contribution in [0, 0.1) is 0 Å². The molecular formula is C25H22F2N8O2. The molecule has 2 aliphatic carbocycles. The lowest BCUT2D eigenvalue weighted by Crippen LogP contribution is -2.44. The number of aromatic nitrogens is 6. The van der Waals surface area contributed by atoms with E-state index in [1.807, 2.05) is 6.07 Å². The van der Waals surface area contributed by atoms with Crippen LogP contribution in [0.4, 0.5) is 8.78 Å². The van der Waals surface area contributed by atoms with Gasteiger partial charge >= 0.3 is 6.61 Å². The molecule has 10 nitrogen and oxygen atoms in total. The Morgan fingerprint density at radius 1 is 1.16 bits per heavy atom. The fourth-order valence-corrected chi connectivity index (χ4v) is 5.75. The van der Waals surface area contributed by atoms with Crippen molar-refractivity contribution in [1.29, 1.82) is 0 Å². The van der Waals surface area contributed by atoms with Gasteiger partial charge in [-0.3, -0.25) is 4.79 Å². The van der Waals surface area contributed by atoms with Crippen molar-refractivity contribution in [3.05, 3.63) is 65.1 Å². The maximum absolute atomic E-state index is 13.3. The van der Waals surface area contributed by atoms with E-state index in [-0.39, 0.29) is 23.4 Å². The third kappa shape index (κ3) is 3.18. The number of carbonyl (C=O) groups excluding carboxylic acids is 1. The molecule has 1 aliphatic heterocycles. The monoisotopic (exact) mass is 504 g/mol. The highest BCUT2D eigenvalue weighted by Gasteiger charge is 2.47. The largest absolute Gasteiger partial charge is 0.417 e. The van der Waals surface area contributed by atoms with Crippen LogP contribution >= 0.6 is 0 Å². The van der Waals surface area contributed by atoms with E-state index in [4.69, 9.17) is 20.6 Å². The number of alkyl halides is 2. The van der Waals surface area contributed by atoms with Gasteiger partial charge in [0.15, 0.2) is 5.65 Å². The normalized spacial score (nSPS) is 21.5. The Labute approximate surface area is 209 Å². The van der Waals surface area contributed by atoms with Crippen LogP contribution in [0.2, 0.25) is 0 Å². The van der Waals surface area contributed by atoms with Crippen molar-refractivity contribution in [3.63, 3.8) is 0 Å². The van der Waals surface area contributed by atoms with Gasteiger partial charge < -0.3 is 15.4 Å². The van der Waals surface area contributed by atoms with Gasteiger partial charge in [-0.15, -0.1) is 0 Å². The van der Waals surface area contributed by atoms with Gasteiger partial charge in [-0.1, -0.05) is 0 Å². The van der Waals surface area contributed by atoms with Crippen LogP contribution in [-0.4, -0.2) is 54.0 Å². The van der Waals surface area contributed by atoms with Crippen molar-refractivity contribution < 1.29 is 18.3 Å². The number of carbonyl (C=O) groups is 1. The maximum atomic E-state index is 13.3. The second-order valence-electron chi connectivity index (χ2n) is 9.86. The Kier molecular flexibility index (Phi) is 4.62. The first kappa shape index (κ1) is 22.2. The van der Waals surface area contributed by atoms with Gasteiger partial charge in [0, 0.05) is 54.4 Å². The van der Waals surface area contributed by atoms with E-state index in [1.54, 1.807) is 41.1 Å². The van der Waals surface area contributed by atoms with Gasteiger partial charge in [-0.05, 0) is 37.8 Å². The molecule has 1 amide bonds. The number of hydrogen-bond acceptors (Lipinski definition) is 8. The van der Waals surface area contributed by atoms with Crippen molar-refractivity contribution in [2.45, 2.75) is 49.8 Å². The molecular weight excluding hydrogens is 482 g/mol. The molecule has 2 bridgehead atoms. The first-order valence-corrected chi connectivity index (χ1v) is 12.1. The van der Waals surface area contributed by atoms with Gasteiger partial charge in [0.2, 0.25) is 5.88 Å². The minimum absolute atomic E-state index is 0.251. The van der Waals surface area contributed by atoms with Gasteiger partial charge in [0.1, 0.15) is 5.82 Å². The molecule has 2 N–H and O–H groups in total. The molecule has 188 valence electrons. The molecule has 1 saturated carbocycles. The van der Waals surface area contributed by atoms with Crippen LogP contribution in [-0.2, 0) is 5.54 Å². The zero-order valence-electron chi connectivity index (χ0n) is 19.8. The summed E-state index contributed by atoms with van der Waals surface area (Å²) in [6, 6.07) is 3.02. The summed E-state index contributed by atoms with van der Waals surface area (Å²) in [4.78, 5) is 32.8. The molecule has 37 heavy (non-hydrogen) atoms. The topological polar surface area (TPSA) is 124 Å². The predicted molar refractivity (Wildman–Crippen MR) is 126 cm³/mol. The Morgan fingerprint density at radius 3 is 2.65 bits per heavy atom. The quantitative estimate of drug-likeness (QED) is 0.449. The predicted octanol–water partition coefficient (Wildman–Crippen LogP) is 3.18. The summed E-state index contributed by atoms with van der Waals surface area (Å²) >= 11 is 0. The zero-order chi connectivity index (χ0) is 25.5. The third-order valence-corrected chi connectivity index (χ3v) is 7.83. The van der Waals surface area contributed by atoms with E-state index >= 15 is 0 Å². The standard InChI is InChI=1S/C25H22F2N8O2/c1-34-16-9-14(17-13(22(34)36)3-7-29-21(17)37-24(26)27)18-19(16)33-35-8-4-15(32-20(18)35)12-10-30-23(31-11-12)25(28)5-2-6-25/h3-4,7-8,10-11,14,16,24H,2,5-6,9,28H2,1H3. The molecule has 7 rings (SSSR count). The summed E-state index contributed by atoms with van der Waals surface area (Å²) in [7, 11) is 1.69. The summed E-state index contributed by atoms with van der Waals surface area (Å²) < 4.78 is 32.9. The lowest BCUT2D eigenvalue weighted by Gasteiger charge is -2.36. The fraction of sp³-hybridized carbons (Fsp3) is 0.360. The number of fused-ring (bicyclic) bond motifs is 9. The average Bonchev–Trinajstić information content (AvgIpc) is 3.40. The highest BCUT2D eigenvalue weighted by molar-refractivity contribution is 5.98. The molecule has 0 saturated heterocycles. The van der Waals surface area contributed by atoms with Crippen molar-refractivity contribution in [2.75, 3.05) is 7.05 Å². The Hall–Kier alpha value is -4.06. The minimum atomic E-state index is -3.07. The Bertz CT molecular complexity index is 1570. The van der Waals surface area contributed by atoms with Crippen molar-refractivity contribution in [3.8, 4) is 17.1 Å². The van der Waals surface area contributed by atoms with E-state index in [0.29, 0.717) is 34.8 Å². The van der Waals surface area contributed by atoms with Crippen LogP contribution in [0.1, 0.15) is 70.6 Å². The smallest absolute Gasteiger partial charge is 0.388 e. The average molecular weight is 505 g/mol. The molecule has 1 fully saturated rings. The highest BCUT2D eigenvalue weighted by Crippen LogP contribution is 2.52. The van der Waals surface area contributed by atoms with Crippen molar-refractivity contribution in [1.82, 2.24) is 34.4 Å². The lowest BCUT2D eigenvalue weighted by atomic mass is 9.77. The summed E-state index contributed by atoms with van der Waals surface area (Å²) in [5.41, 5.74) is 9.91. The first-order valence-electron chi connectivity index (χ1n) is 12.1. The molecule has 2 atom stereocenters. The van der Waals surface area contributed by atoms with Crippen LogP contribution in [0.3, 0.4) is 0 Å². The van der Waals surface area contributed by atoms with Crippen LogP contribution < -0.4 is 10.5 Å². The molecule has 0 spiro atoms. The summed E-state index contributed by atoms with van der Waals surface area (Å²) in [5, 5.41) is 4.73. The molecule has 4 aromatic rings. The first-order chi connectivity index (χ1) is 17.8. The highest BCUT2D eigenvalue weighted by atomic mass is 19.3. The molecule has 4 aromatic heterocycles. The van der Waals surface area contributed by atoms with Gasteiger partial charge in [-0.25, -0.2) is 24.5 Å². The third-order valence-electron chi connectivity index (χ3n) is 7.83. The Morgan fingerprint density at radius 2 is 1.95 bits per heavy atom. The second-order valence-corrected chi connectivity index (χ2v) is 9.86. The van der Waals surface area contributed by atoms with Crippen LogP contribution in [0.5, 0.6) is 5.88 Å².